The minimum Gasteiger partial charge on any atom is -0.497 e. The maximum Gasteiger partial charge on any atom is 0.243 e. The van der Waals surface area contributed by atoms with Crippen molar-refractivity contribution in [3.8, 4) is 17.2 Å². The second-order valence-corrected chi connectivity index (χ2v) is 10.1. The van der Waals surface area contributed by atoms with Crippen molar-refractivity contribution in [2.75, 3.05) is 38.7 Å². The van der Waals surface area contributed by atoms with Crippen molar-refractivity contribution in [2.24, 2.45) is 5.92 Å². The lowest BCUT2D eigenvalue weighted by atomic mass is 9.97. The smallest absolute Gasteiger partial charge is 0.243 e. The van der Waals surface area contributed by atoms with Gasteiger partial charge in [-0.1, -0.05) is 13.8 Å². The van der Waals surface area contributed by atoms with Gasteiger partial charge in [-0.2, -0.15) is 4.31 Å². The third-order valence-electron chi connectivity index (χ3n) is 5.66. The Bertz CT molecular complexity index is 1050. The molecule has 34 heavy (non-hydrogen) atoms. The van der Waals surface area contributed by atoms with E-state index in [1.165, 1.54) is 11.4 Å². The van der Waals surface area contributed by atoms with Crippen molar-refractivity contribution < 1.29 is 27.4 Å². The molecule has 1 N–H and O–H groups in total. The summed E-state index contributed by atoms with van der Waals surface area (Å²) in [4.78, 5) is 13.1. The number of methoxy groups -OCH3 is 1. The van der Waals surface area contributed by atoms with Gasteiger partial charge in [0, 0.05) is 30.8 Å². The zero-order valence-electron chi connectivity index (χ0n) is 20.1. The average molecular weight is 491 g/mol. The lowest BCUT2D eigenvalue weighted by molar-refractivity contribution is -0.120. The van der Waals surface area contributed by atoms with Crippen LogP contribution in [0.3, 0.4) is 0 Å². The molecule has 0 spiro atoms. The van der Waals surface area contributed by atoms with Crippen molar-refractivity contribution in [3.05, 3.63) is 42.5 Å². The Balaban J connectivity index is 1.60. The number of nitrogens with zero attached hydrogens (tertiary/aromatic N) is 1. The van der Waals surface area contributed by atoms with Crippen LogP contribution in [0.2, 0.25) is 0 Å². The molecule has 1 amide bonds. The van der Waals surface area contributed by atoms with Crippen LogP contribution in [0.4, 0.5) is 5.69 Å². The van der Waals surface area contributed by atoms with Gasteiger partial charge < -0.3 is 19.5 Å². The molecule has 1 aliphatic rings. The molecule has 0 saturated carbocycles. The molecule has 1 saturated heterocycles. The number of ether oxygens (including phenoxy) is 3. The van der Waals surface area contributed by atoms with Crippen LogP contribution in [-0.2, 0) is 14.8 Å². The normalized spacial score (nSPS) is 15.0. The van der Waals surface area contributed by atoms with Gasteiger partial charge in [0.2, 0.25) is 15.9 Å². The molecule has 0 atom stereocenters. The van der Waals surface area contributed by atoms with E-state index in [1.807, 2.05) is 13.8 Å². The molecule has 0 unspecified atom stereocenters. The first-order valence-corrected chi connectivity index (χ1v) is 13.2. The predicted molar refractivity (Wildman–Crippen MR) is 131 cm³/mol. The minimum absolute atomic E-state index is 0.120. The summed E-state index contributed by atoms with van der Waals surface area (Å²) in [6.07, 6.45) is 2.66. The van der Waals surface area contributed by atoms with E-state index in [-0.39, 0.29) is 16.7 Å². The van der Waals surface area contributed by atoms with Gasteiger partial charge in [-0.15, -0.1) is 0 Å². The van der Waals surface area contributed by atoms with Gasteiger partial charge in [0.1, 0.15) is 5.75 Å². The molecule has 1 heterocycles. The number of sulfonamides is 1. The predicted octanol–water partition coefficient (Wildman–Crippen LogP) is 4.31. The third kappa shape index (κ3) is 6.42. The topological polar surface area (TPSA) is 94.2 Å². The van der Waals surface area contributed by atoms with Crippen LogP contribution >= 0.6 is 0 Å². The monoisotopic (exact) mass is 490 g/mol. The third-order valence-corrected chi connectivity index (χ3v) is 7.57. The quantitative estimate of drug-likeness (QED) is 0.504. The number of carbonyl (C=O) groups excluding carboxylic acids is 1. The van der Waals surface area contributed by atoms with E-state index in [2.05, 4.69) is 5.32 Å². The highest BCUT2D eigenvalue weighted by molar-refractivity contribution is 7.89. The van der Waals surface area contributed by atoms with E-state index in [1.54, 1.807) is 42.5 Å². The first-order chi connectivity index (χ1) is 16.4. The molecule has 186 valence electrons. The van der Waals surface area contributed by atoms with Crippen molar-refractivity contribution in [1.29, 1.82) is 0 Å². The number of nitrogens with one attached hydrogen (secondary N) is 1. The van der Waals surface area contributed by atoms with Crippen LogP contribution in [-0.4, -0.2) is 52.0 Å². The summed E-state index contributed by atoms with van der Waals surface area (Å²) in [5.74, 6) is 1.48. The summed E-state index contributed by atoms with van der Waals surface area (Å²) in [5.41, 5.74) is 0.633. The fourth-order valence-electron chi connectivity index (χ4n) is 3.74. The van der Waals surface area contributed by atoms with Gasteiger partial charge >= 0.3 is 0 Å². The van der Waals surface area contributed by atoms with Gasteiger partial charge in [-0.25, -0.2) is 8.42 Å². The van der Waals surface area contributed by atoms with E-state index in [0.717, 1.165) is 12.8 Å². The summed E-state index contributed by atoms with van der Waals surface area (Å²) in [6.45, 7) is 5.80. The SMILES string of the molecule is CCCOc1ccc(NC(=O)C2CCN(S(=O)(=O)c3ccc(OC)cc3)CC2)cc1OCCC. The van der Waals surface area contributed by atoms with Crippen LogP contribution in [0, 0.1) is 5.92 Å². The molecular formula is C25H34N2O6S. The lowest BCUT2D eigenvalue weighted by Gasteiger charge is -2.30. The first-order valence-electron chi connectivity index (χ1n) is 11.7. The maximum absolute atomic E-state index is 12.9. The van der Waals surface area contributed by atoms with Crippen molar-refractivity contribution in [3.63, 3.8) is 0 Å². The zero-order chi connectivity index (χ0) is 24.6. The van der Waals surface area contributed by atoms with Gasteiger partial charge in [-0.3, -0.25) is 4.79 Å². The van der Waals surface area contributed by atoms with Crippen LogP contribution < -0.4 is 19.5 Å². The molecule has 8 nitrogen and oxygen atoms in total. The number of hydrogen-bond donors (Lipinski definition) is 1. The number of anilines is 1. The molecule has 0 radical (unpaired) electrons. The summed E-state index contributed by atoms with van der Waals surface area (Å²) in [7, 11) is -2.07. The summed E-state index contributed by atoms with van der Waals surface area (Å²) < 4.78 is 44.0. The highest BCUT2D eigenvalue weighted by Crippen LogP contribution is 2.32. The molecule has 2 aromatic carbocycles. The second-order valence-electron chi connectivity index (χ2n) is 8.20. The lowest BCUT2D eigenvalue weighted by Crippen LogP contribution is -2.41. The first kappa shape index (κ1) is 25.8. The Labute approximate surface area is 202 Å². The van der Waals surface area contributed by atoms with Gasteiger partial charge in [0.25, 0.3) is 0 Å². The van der Waals surface area contributed by atoms with E-state index in [4.69, 9.17) is 14.2 Å². The summed E-state index contributed by atoms with van der Waals surface area (Å²) >= 11 is 0. The molecule has 1 aliphatic heterocycles. The maximum atomic E-state index is 12.9. The van der Waals surface area contributed by atoms with Crippen molar-refractivity contribution >= 4 is 21.6 Å². The minimum atomic E-state index is -3.61. The number of benzene rings is 2. The van der Waals surface area contributed by atoms with Crippen molar-refractivity contribution in [1.82, 2.24) is 4.31 Å². The number of rotatable bonds is 11. The van der Waals surface area contributed by atoms with Gasteiger partial charge in [0.05, 0.1) is 25.2 Å². The molecule has 1 fully saturated rings. The molecule has 0 aromatic heterocycles. The highest BCUT2D eigenvalue weighted by Gasteiger charge is 2.32. The van der Waals surface area contributed by atoms with Gasteiger partial charge in [0.15, 0.2) is 11.5 Å². The van der Waals surface area contributed by atoms with E-state index in [0.29, 0.717) is 62.1 Å². The van der Waals surface area contributed by atoms with E-state index >= 15 is 0 Å². The van der Waals surface area contributed by atoms with Crippen LogP contribution in [0.15, 0.2) is 47.4 Å². The molecule has 3 rings (SSSR count). The Morgan fingerprint density at radius 2 is 1.59 bits per heavy atom. The fourth-order valence-corrected chi connectivity index (χ4v) is 5.21. The molecule has 0 bridgehead atoms. The van der Waals surface area contributed by atoms with Crippen LogP contribution in [0.5, 0.6) is 17.2 Å². The largest absolute Gasteiger partial charge is 0.497 e. The Morgan fingerprint density at radius 1 is 0.971 bits per heavy atom. The molecule has 0 aliphatic carbocycles. The van der Waals surface area contributed by atoms with Gasteiger partial charge in [-0.05, 0) is 62.1 Å². The summed E-state index contributed by atoms with van der Waals surface area (Å²) in [6, 6.07) is 11.7. The van der Waals surface area contributed by atoms with Crippen LogP contribution in [0.25, 0.3) is 0 Å². The number of piperidine rings is 1. The molecule has 9 heteroatoms. The Hall–Kier alpha value is -2.78. The average Bonchev–Trinajstić information content (AvgIpc) is 2.87. The zero-order valence-corrected chi connectivity index (χ0v) is 20.9. The molecular weight excluding hydrogens is 456 g/mol. The Morgan fingerprint density at radius 3 is 2.18 bits per heavy atom. The van der Waals surface area contributed by atoms with Crippen LogP contribution in [0.1, 0.15) is 39.5 Å². The van der Waals surface area contributed by atoms with E-state index < -0.39 is 10.0 Å². The Kier molecular flexibility index (Phi) is 9.18. The standard InChI is InChI=1S/C25H34N2O6S/c1-4-16-32-23-11-6-20(18-24(23)33-17-5-2)26-25(28)19-12-14-27(15-13-19)34(29,30)22-9-7-21(31-3)8-10-22/h6-11,18-19H,4-5,12-17H2,1-3H3,(H,26,28). The number of hydrogen-bond acceptors (Lipinski definition) is 6. The van der Waals surface area contributed by atoms with E-state index in [9.17, 15) is 13.2 Å². The summed E-state index contributed by atoms with van der Waals surface area (Å²) in [5, 5.41) is 2.95. The van der Waals surface area contributed by atoms with Crippen molar-refractivity contribution in [2.45, 2.75) is 44.4 Å². The number of amides is 1. The fraction of sp³-hybridized carbons (Fsp3) is 0.480. The molecule has 2 aromatic rings. The highest BCUT2D eigenvalue weighted by atomic mass is 32.2. The number of carbonyl (C=O) groups is 1. The second kappa shape index (κ2) is 12.1.